The summed E-state index contributed by atoms with van der Waals surface area (Å²) in [6, 6.07) is 5.39. The molecule has 18 heavy (non-hydrogen) atoms. The number of nitrogens with zero attached hydrogens (tertiary/aromatic N) is 1. The number of aryl methyl sites for hydroxylation is 1. The van der Waals surface area contributed by atoms with Gasteiger partial charge in [0.15, 0.2) is 0 Å². The number of pyridine rings is 1. The third-order valence-electron chi connectivity index (χ3n) is 2.13. The van der Waals surface area contributed by atoms with Crippen LogP contribution in [0.4, 0.5) is 5.82 Å². The van der Waals surface area contributed by atoms with E-state index in [9.17, 15) is 4.79 Å². The Morgan fingerprint density at radius 1 is 1.28 bits per heavy atom. The van der Waals surface area contributed by atoms with Crippen LogP contribution in [0.1, 0.15) is 15.4 Å². The summed E-state index contributed by atoms with van der Waals surface area (Å²) >= 11 is 11.5. The number of hydrogen-bond donors (Lipinski definition) is 1. The minimum absolute atomic E-state index is 0.166. The van der Waals surface area contributed by atoms with Crippen LogP contribution in [0.15, 0.2) is 30.9 Å². The third kappa shape index (κ3) is 3.20. The van der Waals surface area contributed by atoms with Gasteiger partial charge in [0.25, 0.3) is 5.91 Å². The lowest BCUT2D eigenvalue weighted by molar-refractivity contribution is 0.103. The van der Waals surface area contributed by atoms with E-state index in [0.29, 0.717) is 10.7 Å². The van der Waals surface area contributed by atoms with Crippen molar-refractivity contribution >= 4 is 70.9 Å². The number of nitrogens with one attached hydrogen (secondary N) is 1. The molecule has 2 aromatic rings. The molecule has 94 valence electrons. The lowest BCUT2D eigenvalue weighted by Crippen LogP contribution is -2.11. The van der Waals surface area contributed by atoms with E-state index in [2.05, 4.69) is 58.1 Å². The molecule has 0 aliphatic heterocycles. The molecule has 0 spiro atoms. The van der Waals surface area contributed by atoms with E-state index in [4.69, 9.17) is 0 Å². The minimum Gasteiger partial charge on any atom is -0.306 e. The van der Waals surface area contributed by atoms with Crippen LogP contribution in [0.2, 0.25) is 0 Å². The highest BCUT2D eigenvalue weighted by molar-refractivity contribution is 9.13. The van der Waals surface area contributed by atoms with Gasteiger partial charge in [-0.15, -0.1) is 11.3 Å². The molecule has 1 N–H and O–H groups in total. The first-order valence-electron chi connectivity index (χ1n) is 4.86. The predicted molar refractivity (Wildman–Crippen MR) is 84.3 cm³/mol. The molecular formula is C11H7Br3N2OS. The van der Waals surface area contributed by atoms with Crippen LogP contribution in [0, 0.1) is 6.92 Å². The van der Waals surface area contributed by atoms with Gasteiger partial charge in [-0.05, 0) is 72.9 Å². The molecule has 0 aromatic carbocycles. The molecule has 0 atom stereocenters. The number of carbonyl (C=O) groups excluding carboxylic acids is 1. The quantitative estimate of drug-likeness (QED) is 0.694. The molecule has 0 radical (unpaired) electrons. The van der Waals surface area contributed by atoms with E-state index in [1.165, 1.54) is 11.3 Å². The van der Waals surface area contributed by atoms with Crippen molar-refractivity contribution in [2.45, 2.75) is 6.92 Å². The SMILES string of the molecule is Cc1nc(NC(=O)c2cc(Br)c(Br)s2)ccc1Br. The van der Waals surface area contributed by atoms with Crippen molar-refractivity contribution in [2.75, 3.05) is 5.32 Å². The van der Waals surface area contributed by atoms with Gasteiger partial charge in [0.05, 0.1) is 14.4 Å². The van der Waals surface area contributed by atoms with Crippen molar-refractivity contribution in [3.63, 3.8) is 0 Å². The zero-order valence-electron chi connectivity index (χ0n) is 9.13. The number of hydrogen-bond acceptors (Lipinski definition) is 3. The summed E-state index contributed by atoms with van der Waals surface area (Å²) < 4.78 is 2.69. The van der Waals surface area contributed by atoms with Crippen molar-refractivity contribution in [1.82, 2.24) is 4.98 Å². The third-order valence-corrected chi connectivity index (χ3v) is 6.23. The molecule has 3 nitrogen and oxygen atoms in total. The Morgan fingerprint density at radius 2 is 2.00 bits per heavy atom. The number of anilines is 1. The summed E-state index contributed by atoms with van der Waals surface area (Å²) in [6.45, 7) is 1.87. The molecule has 1 amide bonds. The van der Waals surface area contributed by atoms with Crippen LogP contribution < -0.4 is 5.32 Å². The van der Waals surface area contributed by atoms with Gasteiger partial charge in [-0.1, -0.05) is 0 Å². The Labute approximate surface area is 133 Å². The fourth-order valence-corrected chi connectivity index (χ4v) is 3.40. The van der Waals surface area contributed by atoms with Crippen LogP contribution in [0.25, 0.3) is 0 Å². The lowest BCUT2D eigenvalue weighted by atomic mass is 10.3. The van der Waals surface area contributed by atoms with E-state index in [1.54, 1.807) is 12.1 Å². The second kappa shape index (κ2) is 5.81. The van der Waals surface area contributed by atoms with E-state index in [-0.39, 0.29) is 5.91 Å². The summed E-state index contributed by atoms with van der Waals surface area (Å²) in [5.41, 5.74) is 0.835. The monoisotopic (exact) mass is 452 g/mol. The Morgan fingerprint density at radius 3 is 2.56 bits per heavy atom. The fraction of sp³-hybridized carbons (Fsp3) is 0.0909. The molecule has 7 heteroatoms. The summed E-state index contributed by atoms with van der Waals surface area (Å²) in [7, 11) is 0. The second-order valence-electron chi connectivity index (χ2n) is 3.45. The van der Waals surface area contributed by atoms with Gasteiger partial charge in [0, 0.05) is 8.95 Å². The van der Waals surface area contributed by atoms with Crippen LogP contribution in [0.3, 0.4) is 0 Å². The number of amides is 1. The van der Waals surface area contributed by atoms with Gasteiger partial charge in [-0.25, -0.2) is 4.98 Å². The summed E-state index contributed by atoms with van der Waals surface area (Å²) in [5, 5.41) is 2.76. The molecule has 2 aromatic heterocycles. The molecule has 2 heterocycles. The van der Waals surface area contributed by atoms with E-state index in [1.807, 2.05) is 13.0 Å². The Balaban J connectivity index is 2.18. The van der Waals surface area contributed by atoms with Crippen molar-refractivity contribution in [1.29, 1.82) is 0 Å². The first-order chi connectivity index (χ1) is 8.47. The summed E-state index contributed by atoms with van der Waals surface area (Å²) in [6.07, 6.45) is 0. The molecular weight excluding hydrogens is 448 g/mol. The Kier molecular flexibility index (Phi) is 4.58. The van der Waals surface area contributed by atoms with Gasteiger partial charge in [-0.2, -0.15) is 0 Å². The molecule has 0 saturated carbocycles. The minimum atomic E-state index is -0.166. The molecule has 0 aliphatic carbocycles. The molecule has 0 aliphatic rings. The maximum absolute atomic E-state index is 12.0. The zero-order chi connectivity index (χ0) is 13.3. The van der Waals surface area contributed by atoms with E-state index < -0.39 is 0 Å². The van der Waals surface area contributed by atoms with Crippen LogP contribution >= 0.6 is 59.1 Å². The molecule has 0 bridgehead atoms. The van der Waals surface area contributed by atoms with Crippen molar-refractivity contribution in [3.05, 3.63) is 41.5 Å². The maximum Gasteiger partial charge on any atom is 0.266 e. The van der Waals surface area contributed by atoms with Crippen molar-refractivity contribution in [3.8, 4) is 0 Å². The first-order valence-corrected chi connectivity index (χ1v) is 8.06. The van der Waals surface area contributed by atoms with Crippen LogP contribution in [-0.2, 0) is 0 Å². The molecule has 0 saturated heterocycles. The van der Waals surface area contributed by atoms with Crippen LogP contribution in [0.5, 0.6) is 0 Å². The second-order valence-corrected chi connectivity index (χ2v) is 7.53. The highest BCUT2D eigenvalue weighted by Crippen LogP contribution is 2.32. The van der Waals surface area contributed by atoms with Gasteiger partial charge in [0.1, 0.15) is 5.82 Å². The number of thiophene rings is 1. The molecule has 2 rings (SSSR count). The van der Waals surface area contributed by atoms with Crippen molar-refractivity contribution in [2.24, 2.45) is 0 Å². The summed E-state index contributed by atoms with van der Waals surface area (Å²) in [4.78, 5) is 16.9. The van der Waals surface area contributed by atoms with Gasteiger partial charge >= 0.3 is 0 Å². The van der Waals surface area contributed by atoms with Gasteiger partial charge in [-0.3, -0.25) is 4.79 Å². The number of halogens is 3. The van der Waals surface area contributed by atoms with Crippen molar-refractivity contribution < 1.29 is 4.79 Å². The number of carbonyl (C=O) groups is 1. The molecule has 0 fully saturated rings. The van der Waals surface area contributed by atoms with E-state index >= 15 is 0 Å². The molecule has 0 unspecified atom stereocenters. The lowest BCUT2D eigenvalue weighted by Gasteiger charge is -2.04. The van der Waals surface area contributed by atoms with Gasteiger partial charge in [0.2, 0.25) is 0 Å². The highest BCUT2D eigenvalue weighted by atomic mass is 79.9. The Hall–Kier alpha value is -0.240. The van der Waals surface area contributed by atoms with E-state index in [0.717, 1.165) is 18.4 Å². The smallest absolute Gasteiger partial charge is 0.266 e. The highest BCUT2D eigenvalue weighted by Gasteiger charge is 2.12. The van der Waals surface area contributed by atoms with Crippen LogP contribution in [-0.4, -0.2) is 10.9 Å². The Bertz CT molecular complexity index is 593. The topological polar surface area (TPSA) is 42.0 Å². The zero-order valence-corrected chi connectivity index (χ0v) is 14.7. The standard InChI is InChI=1S/C11H7Br3N2OS/c1-5-6(12)2-3-9(15-5)16-11(17)8-4-7(13)10(14)18-8/h2-4H,1H3,(H,15,16,17). The summed E-state index contributed by atoms with van der Waals surface area (Å²) in [5.74, 6) is 0.377. The predicted octanol–water partition coefficient (Wildman–Crippen LogP) is 4.99. The number of rotatable bonds is 2. The van der Waals surface area contributed by atoms with Gasteiger partial charge < -0.3 is 5.32 Å². The normalized spacial score (nSPS) is 10.4. The average Bonchev–Trinajstić information content (AvgIpc) is 2.65. The first kappa shape index (κ1) is 14.2. The largest absolute Gasteiger partial charge is 0.306 e. The maximum atomic E-state index is 12.0. The fourth-order valence-electron chi connectivity index (χ4n) is 1.25. The average molecular weight is 455 g/mol. The number of aromatic nitrogens is 1.